The van der Waals surface area contributed by atoms with E-state index in [0.29, 0.717) is 5.89 Å². The molecule has 0 saturated carbocycles. The summed E-state index contributed by atoms with van der Waals surface area (Å²) in [5.41, 5.74) is 11.9. The van der Waals surface area contributed by atoms with E-state index < -0.39 is 0 Å². The van der Waals surface area contributed by atoms with E-state index in [4.69, 9.17) is 13.8 Å². The molecule has 51 heavy (non-hydrogen) atoms. The topological polar surface area (TPSA) is 42.4 Å². The summed E-state index contributed by atoms with van der Waals surface area (Å²) in [6.07, 6.45) is 0. The summed E-state index contributed by atoms with van der Waals surface area (Å²) >= 11 is 0. The zero-order chi connectivity index (χ0) is 33.7. The smallest absolute Gasteiger partial charge is 0.227 e. The minimum absolute atomic E-state index is 0.586. The highest BCUT2D eigenvalue weighted by Gasteiger charge is 2.21. The minimum atomic E-state index is 0.586. The second-order valence-electron chi connectivity index (χ2n) is 12.8. The maximum atomic E-state index is 6.48. The second-order valence-corrected chi connectivity index (χ2v) is 12.8. The summed E-state index contributed by atoms with van der Waals surface area (Å²) < 4.78 is 12.7. The Labute approximate surface area is 294 Å². The third-order valence-corrected chi connectivity index (χ3v) is 9.70. The van der Waals surface area contributed by atoms with Gasteiger partial charge in [-0.2, -0.15) is 0 Å². The van der Waals surface area contributed by atoms with Gasteiger partial charge in [0.1, 0.15) is 16.7 Å². The standard InChI is InChI=1S/C47H30N2O2/c1-2-9-31(10-3-1)33-19-24-38(25-20-33)49(39-26-21-34(22-27-39)36-18-17-32-11-4-5-12-35(32)29-36)42-14-8-16-45-46(42)40-30-37(23-28-43(40)50-45)47-48-41-13-6-7-15-44(41)51-47/h1-30H. The van der Waals surface area contributed by atoms with Crippen molar-refractivity contribution in [1.82, 2.24) is 4.98 Å². The normalized spacial score (nSPS) is 11.5. The Hall–Kier alpha value is -6.91. The Kier molecular flexibility index (Phi) is 6.78. The number of benzene rings is 8. The number of para-hydroxylation sites is 2. The average Bonchev–Trinajstić information content (AvgIpc) is 3.81. The van der Waals surface area contributed by atoms with Crippen LogP contribution < -0.4 is 4.90 Å². The molecule has 10 rings (SSSR count). The third kappa shape index (κ3) is 5.13. The van der Waals surface area contributed by atoms with Gasteiger partial charge >= 0.3 is 0 Å². The highest BCUT2D eigenvalue weighted by molar-refractivity contribution is 6.14. The van der Waals surface area contributed by atoms with Gasteiger partial charge in [0.25, 0.3) is 0 Å². The van der Waals surface area contributed by atoms with Crippen molar-refractivity contribution >= 4 is 60.9 Å². The van der Waals surface area contributed by atoms with Crippen molar-refractivity contribution in [3.63, 3.8) is 0 Å². The van der Waals surface area contributed by atoms with Crippen molar-refractivity contribution in [2.24, 2.45) is 0 Å². The number of nitrogens with zero attached hydrogens (tertiary/aromatic N) is 2. The van der Waals surface area contributed by atoms with Crippen molar-refractivity contribution in [2.45, 2.75) is 0 Å². The van der Waals surface area contributed by atoms with Crippen LogP contribution in [0.15, 0.2) is 191 Å². The molecule has 4 nitrogen and oxygen atoms in total. The third-order valence-electron chi connectivity index (χ3n) is 9.70. The van der Waals surface area contributed by atoms with Gasteiger partial charge in [-0.05, 0) is 106 Å². The molecule has 0 atom stereocenters. The van der Waals surface area contributed by atoms with Crippen LogP contribution in [0.2, 0.25) is 0 Å². The fourth-order valence-electron chi connectivity index (χ4n) is 7.16. The number of fused-ring (bicyclic) bond motifs is 5. The molecule has 10 aromatic rings. The van der Waals surface area contributed by atoms with Crippen molar-refractivity contribution in [2.75, 3.05) is 4.90 Å². The van der Waals surface area contributed by atoms with Crippen LogP contribution in [0.25, 0.3) is 77.5 Å². The lowest BCUT2D eigenvalue weighted by atomic mass is 10.0. The fourth-order valence-corrected chi connectivity index (χ4v) is 7.16. The predicted octanol–water partition coefficient (Wildman–Crippen LogP) is 13.4. The highest BCUT2D eigenvalue weighted by Crippen LogP contribution is 2.44. The molecule has 240 valence electrons. The van der Waals surface area contributed by atoms with Gasteiger partial charge in [-0.3, -0.25) is 0 Å². The summed E-state index contributed by atoms with van der Waals surface area (Å²) in [5.74, 6) is 0.586. The van der Waals surface area contributed by atoms with Crippen LogP contribution in [0.4, 0.5) is 17.1 Å². The van der Waals surface area contributed by atoms with E-state index in [2.05, 4.69) is 138 Å². The van der Waals surface area contributed by atoms with Crippen LogP contribution in [0.3, 0.4) is 0 Å². The summed E-state index contributed by atoms with van der Waals surface area (Å²) in [5, 5.41) is 4.49. The summed E-state index contributed by atoms with van der Waals surface area (Å²) in [4.78, 5) is 7.10. The summed E-state index contributed by atoms with van der Waals surface area (Å²) in [6.45, 7) is 0. The van der Waals surface area contributed by atoms with Gasteiger partial charge in [0.05, 0.1) is 11.1 Å². The van der Waals surface area contributed by atoms with Crippen LogP contribution in [0, 0.1) is 0 Å². The Balaban J connectivity index is 1.13. The molecule has 0 bridgehead atoms. The van der Waals surface area contributed by atoms with Crippen LogP contribution in [-0.4, -0.2) is 4.98 Å². The van der Waals surface area contributed by atoms with E-state index in [1.807, 2.05) is 48.5 Å². The first kappa shape index (κ1) is 29.0. The van der Waals surface area contributed by atoms with E-state index in [0.717, 1.165) is 55.7 Å². The van der Waals surface area contributed by atoms with E-state index >= 15 is 0 Å². The molecule has 0 spiro atoms. The van der Waals surface area contributed by atoms with Gasteiger partial charge in [0, 0.05) is 22.3 Å². The number of rotatable bonds is 6. The molecule has 0 aliphatic carbocycles. The van der Waals surface area contributed by atoms with Crippen LogP contribution in [0.1, 0.15) is 0 Å². The maximum Gasteiger partial charge on any atom is 0.227 e. The molecule has 0 amide bonds. The lowest BCUT2D eigenvalue weighted by Gasteiger charge is -2.26. The van der Waals surface area contributed by atoms with Crippen LogP contribution in [0.5, 0.6) is 0 Å². The Morgan fingerprint density at radius 2 is 1.02 bits per heavy atom. The first-order valence-electron chi connectivity index (χ1n) is 17.1. The second kappa shape index (κ2) is 11.9. The molecule has 0 radical (unpaired) electrons. The first-order chi connectivity index (χ1) is 25.2. The molecular formula is C47H30N2O2. The summed E-state index contributed by atoms with van der Waals surface area (Å²) in [7, 11) is 0. The van der Waals surface area contributed by atoms with Gasteiger partial charge in [0.2, 0.25) is 5.89 Å². The lowest BCUT2D eigenvalue weighted by Crippen LogP contribution is -2.10. The number of oxazole rings is 1. The maximum absolute atomic E-state index is 6.48. The molecule has 0 aliphatic heterocycles. The number of aromatic nitrogens is 1. The summed E-state index contributed by atoms with van der Waals surface area (Å²) in [6, 6.07) is 63.6. The van der Waals surface area contributed by atoms with Gasteiger partial charge in [0.15, 0.2) is 5.58 Å². The molecule has 0 aliphatic rings. The predicted molar refractivity (Wildman–Crippen MR) is 210 cm³/mol. The largest absolute Gasteiger partial charge is 0.456 e. The van der Waals surface area contributed by atoms with E-state index in [1.54, 1.807) is 0 Å². The zero-order valence-electron chi connectivity index (χ0n) is 27.5. The van der Waals surface area contributed by atoms with E-state index in [1.165, 1.54) is 33.0 Å². The number of hydrogen-bond donors (Lipinski definition) is 0. The van der Waals surface area contributed by atoms with Gasteiger partial charge in [-0.15, -0.1) is 0 Å². The molecule has 0 N–H and O–H groups in total. The van der Waals surface area contributed by atoms with Gasteiger partial charge < -0.3 is 13.7 Å². The fraction of sp³-hybridized carbons (Fsp3) is 0. The molecule has 0 unspecified atom stereocenters. The number of hydrogen-bond acceptors (Lipinski definition) is 4. The monoisotopic (exact) mass is 654 g/mol. The molecule has 0 fully saturated rings. The molecule has 8 aromatic carbocycles. The average molecular weight is 655 g/mol. The number of furan rings is 1. The Morgan fingerprint density at radius 3 is 1.80 bits per heavy atom. The molecule has 4 heteroatoms. The Morgan fingerprint density at radius 1 is 0.392 bits per heavy atom. The van der Waals surface area contributed by atoms with Gasteiger partial charge in [-0.1, -0.05) is 109 Å². The SMILES string of the molecule is c1ccc(-c2ccc(N(c3ccc(-c4ccc5ccccc5c4)cc3)c3cccc4oc5ccc(-c6nc7ccccc7o6)cc5c34)cc2)cc1. The van der Waals surface area contributed by atoms with Crippen molar-refractivity contribution < 1.29 is 8.83 Å². The van der Waals surface area contributed by atoms with Crippen LogP contribution >= 0.6 is 0 Å². The highest BCUT2D eigenvalue weighted by atomic mass is 16.3. The molecule has 2 aromatic heterocycles. The Bertz CT molecular complexity index is 2820. The molecular weight excluding hydrogens is 625 g/mol. The molecule has 0 saturated heterocycles. The lowest BCUT2D eigenvalue weighted by molar-refractivity contribution is 0.620. The van der Waals surface area contributed by atoms with Crippen LogP contribution in [-0.2, 0) is 0 Å². The first-order valence-corrected chi connectivity index (χ1v) is 17.1. The zero-order valence-corrected chi connectivity index (χ0v) is 27.5. The van der Waals surface area contributed by atoms with Crippen molar-refractivity contribution in [3.8, 4) is 33.7 Å². The van der Waals surface area contributed by atoms with E-state index in [9.17, 15) is 0 Å². The quantitative estimate of drug-likeness (QED) is 0.179. The van der Waals surface area contributed by atoms with Crippen molar-refractivity contribution in [1.29, 1.82) is 0 Å². The van der Waals surface area contributed by atoms with E-state index in [-0.39, 0.29) is 0 Å². The van der Waals surface area contributed by atoms with Crippen molar-refractivity contribution in [3.05, 3.63) is 182 Å². The number of anilines is 3. The van der Waals surface area contributed by atoms with Gasteiger partial charge in [-0.25, -0.2) is 4.98 Å². The minimum Gasteiger partial charge on any atom is -0.456 e. The molecule has 2 heterocycles.